The van der Waals surface area contributed by atoms with Crippen LogP contribution in [0.15, 0.2) is 24.3 Å². The van der Waals surface area contributed by atoms with Gasteiger partial charge in [-0.2, -0.15) is 0 Å². The molecule has 1 aromatic rings. The van der Waals surface area contributed by atoms with E-state index in [9.17, 15) is 5.11 Å². The van der Waals surface area contributed by atoms with E-state index in [-0.39, 0.29) is 0 Å². The van der Waals surface area contributed by atoms with E-state index in [4.69, 9.17) is 9.47 Å². The van der Waals surface area contributed by atoms with E-state index in [1.165, 1.54) is 0 Å². The summed E-state index contributed by atoms with van der Waals surface area (Å²) in [5.41, 5.74) is 0.464. The second-order valence-electron chi connectivity index (χ2n) is 3.74. The lowest BCUT2D eigenvalue weighted by Gasteiger charge is -2.36. The molecule has 1 aliphatic rings. The summed E-state index contributed by atoms with van der Waals surface area (Å²) >= 11 is 0. The molecule has 0 spiro atoms. The quantitative estimate of drug-likeness (QED) is 0.780. The van der Waals surface area contributed by atoms with Crippen molar-refractivity contribution in [1.29, 1.82) is 0 Å². The lowest BCUT2D eigenvalue weighted by molar-refractivity contribution is -0.176. The summed E-state index contributed by atoms with van der Waals surface area (Å²) < 4.78 is 10.0. The summed E-state index contributed by atoms with van der Waals surface area (Å²) in [7, 11) is 1.64. The Hall–Kier alpha value is -1.06. The van der Waals surface area contributed by atoms with Gasteiger partial charge in [0, 0.05) is 6.42 Å². The van der Waals surface area contributed by atoms with Crippen molar-refractivity contribution in [3.05, 3.63) is 29.8 Å². The molecule has 0 unspecified atom stereocenters. The molecule has 1 saturated heterocycles. The zero-order valence-corrected chi connectivity index (χ0v) is 8.19. The number of benzene rings is 1. The van der Waals surface area contributed by atoms with Gasteiger partial charge >= 0.3 is 0 Å². The molecule has 0 amide bonds. The Kier molecular flexibility index (Phi) is 2.44. The van der Waals surface area contributed by atoms with E-state index in [0.29, 0.717) is 19.6 Å². The lowest BCUT2D eigenvalue weighted by Crippen LogP contribution is -2.51. The molecule has 0 saturated carbocycles. The zero-order valence-electron chi connectivity index (χ0n) is 8.19. The van der Waals surface area contributed by atoms with E-state index in [0.717, 1.165) is 11.3 Å². The van der Waals surface area contributed by atoms with E-state index in [1.54, 1.807) is 7.11 Å². The maximum atomic E-state index is 9.83. The van der Waals surface area contributed by atoms with Crippen molar-refractivity contribution >= 4 is 0 Å². The Morgan fingerprint density at radius 3 is 2.43 bits per heavy atom. The third kappa shape index (κ3) is 1.89. The fourth-order valence-corrected chi connectivity index (χ4v) is 1.56. The van der Waals surface area contributed by atoms with Crippen molar-refractivity contribution in [3.8, 4) is 5.75 Å². The minimum atomic E-state index is -0.644. The fourth-order valence-electron chi connectivity index (χ4n) is 1.56. The van der Waals surface area contributed by atoms with Crippen LogP contribution in [0.1, 0.15) is 5.56 Å². The molecular weight excluding hydrogens is 180 g/mol. The van der Waals surface area contributed by atoms with Crippen LogP contribution < -0.4 is 4.74 Å². The summed E-state index contributed by atoms with van der Waals surface area (Å²) in [6.45, 7) is 0.887. The summed E-state index contributed by atoms with van der Waals surface area (Å²) in [6.07, 6.45) is 0.650. The summed E-state index contributed by atoms with van der Waals surface area (Å²) in [4.78, 5) is 0. The lowest BCUT2D eigenvalue weighted by atomic mass is 9.93. The molecule has 76 valence electrons. The predicted molar refractivity (Wildman–Crippen MR) is 52.5 cm³/mol. The summed E-state index contributed by atoms with van der Waals surface area (Å²) in [6, 6.07) is 7.74. The van der Waals surface area contributed by atoms with E-state index >= 15 is 0 Å². The van der Waals surface area contributed by atoms with Crippen LogP contribution in [0.3, 0.4) is 0 Å². The van der Waals surface area contributed by atoms with Gasteiger partial charge in [-0.1, -0.05) is 12.1 Å². The molecule has 1 aromatic carbocycles. The van der Waals surface area contributed by atoms with E-state index in [1.807, 2.05) is 24.3 Å². The average molecular weight is 194 g/mol. The first-order valence-corrected chi connectivity index (χ1v) is 4.65. The van der Waals surface area contributed by atoms with Crippen molar-refractivity contribution in [3.63, 3.8) is 0 Å². The Morgan fingerprint density at radius 1 is 1.36 bits per heavy atom. The van der Waals surface area contributed by atoms with Crippen LogP contribution in [0.2, 0.25) is 0 Å². The molecule has 1 heterocycles. The van der Waals surface area contributed by atoms with Crippen molar-refractivity contribution < 1.29 is 14.6 Å². The van der Waals surface area contributed by atoms with Crippen LogP contribution in [0.25, 0.3) is 0 Å². The van der Waals surface area contributed by atoms with Crippen molar-refractivity contribution in [1.82, 2.24) is 0 Å². The molecule has 14 heavy (non-hydrogen) atoms. The average Bonchev–Trinajstić information content (AvgIpc) is 2.17. The summed E-state index contributed by atoms with van der Waals surface area (Å²) in [5, 5.41) is 9.83. The Bertz CT molecular complexity index is 301. The number of ether oxygens (including phenoxy) is 2. The molecule has 1 fully saturated rings. The Morgan fingerprint density at radius 2 is 2.00 bits per heavy atom. The van der Waals surface area contributed by atoms with Gasteiger partial charge in [-0.3, -0.25) is 0 Å². The fraction of sp³-hybridized carbons (Fsp3) is 0.455. The normalized spacial score (nSPS) is 18.7. The first kappa shape index (κ1) is 9.49. The molecule has 3 heteroatoms. The van der Waals surface area contributed by atoms with Gasteiger partial charge in [-0.05, 0) is 17.7 Å². The largest absolute Gasteiger partial charge is 0.497 e. The maximum Gasteiger partial charge on any atom is 0.118 e. The monoisotopic (exact) mass is 194 g/mol. The molecule has 0 aromatic heterocycles. The van der Waals surface area contributed by atoms with Crippen LogP contribution in [0.4, 0.5) is 0 Å². The van der Waals surface area contributed by atoms with Gasteiger partial charge < -0.3 is 14.6 Å². The highest BCUT2D eigenvalue weighted by Crippen LogP contribution is 2.23. The summed E-state index contributed by atoms with van der Waals surface area (Å²) in [5.74, 6) is 0.839. The van der Waals surface area contributed by atoms with Crippen LogP contribution in [0.5, 0.6) is 5.75 Å². The molecule has 1 N–H and O–H groups in total. The number of aliphatic hydroxyl groups is 1. The predicted octanol–water partition coefficient (Wildman–Crippen LogP) is 0.999. The van der Waals surface area contributed by atoms with Gasteiger partial charge in [0.2, 0.25) is 0 Å². The van der Waals surface area contributed by atoms with E-state index < -0.39 is 5.60 Å². The Labute approximate surface area is 83.3 Å². The van der Waals surface area contributed by atoms with E-state index in [2.05, 4.69) is 0 Å². The van der Waals surface area contributed by atoms with Gasteiger partial charge in [-0.15, -0.1) is 0 Å². The number of hydrogen-bond acceptors (Lipinski definition) is 3. The van der Waals surface area contributed by atoms with Crippen LogP contribution in [-0.4, -0.2) is 31.0 Å². The van der Waals surface area contributed by atoms with Crippen molar-refractivity contribution in [2.45, 2.75) is 12.0 Å². The van der Waals surface area contributed by atoms with Crippen LogP contribution >= 0.6 is 0 Å². The van der Waals surface area contributed by atoms with Crippen molar-refractivity contribution in [2.75, 3.05) is 20.3 Å². The third-order valence-electron chi connectivity index (χ3n) is 2.43. The van der Waals surface area contributed by atoms with Gasteiger partial charge in [0.05, 0.1) is 20.3 Å². The number of rotatable bonds is 3. The molecule has 2 rings (SSSR count). The van der Waals surface area contributed by atoms with Gasteiger partial charge in [0.15, 0.2) is 0 Å². The minimum Gasteiger partial charge on any atom is -0.497 e. The molecule has 3 nitrogen and oxygen atoms in total. The minimum absolute atomic E-state index is 0.443. The van der Waals surface area contributed by atoms with Gasteiger partial charge in [0.1, 0.15) is 11.4 Å². The van der Waals surface area contributed by atoms with Crippen LogP contribution in [0, 0.1) is 0 Å². The van der Waals surface area contributed by atoms with Crippen LogP contribution in [-0.2, 0) is 11.2 Å². The standard InChI is InChI=1S/C11H14O3/c1-13-10-4-2-9(3-5-10)6-11(12)7-14-8-11/h2-5,12H,6-8H2,1H3. The highest BCUT2D eigenvalue weighted by molar-refractivity contribution is 5.28. The molecule has 1 aliphatic heterocycles. The molecule has 0 bridgehead atoms. The first-order chi connectivity index (χ1) is 6.72. The number of methoxy groups -OCH3 is 1. The molecule has 0 atom stereocenters. The second-order valence-corrected chi connectivity index (χ2v) is 3.74. The molecule has 0 radical (unpaired) electrons. The smallest absolute Gasteiger partial charge is 0.118 e. The number of hydrogen-bond donors (Lipinski definition) is 1. The highest BCUT2D eigenvalue weighted by Gasteiger charge is 2.35. The molecule has 0 aliphatic carbocycles. The first-order valence-electron chi connectivity index (χ1n) is 4.65. The second kappa shape index (κ2) is 3.59. The van der Waals surface area contributed by atoms with Crippen molar-refractivity contribution in [2.24, 2.45) is 0 Å². The SMILES string of the molecule is COc1ccc(CC2(O)COC2)cc1. The highest BCUT2D eigenvalue weighted by atomic mass is 16.5. The molecular formula is C11H14O3. The van der Waals surface area contributed by atoms with Gasteiger partial charge in [-0.25, -0.2) is 0 Å². The maximum absolute atomic E-state index is 9.83. The van der Waals surface area contributed by atoms with Gasteiger partial charge in [0.25, 0.3) is 0 Å². The zero-order chi connectivity index (χ0) is 10.0. The third-order valence-corrected chi connectivity index (χ3v) is 2.43. The topological polar surface area (TPSA) is 38.7 Å². The Balaban J connectivity index is 2.02.